The largest absolute Gasteiger partial charge is 0.373 e. The van der Waals surface area contributed by atoms with E-state index in [2.05, 4.69) is 92.7 Å². The number of allylic oxidation sites excluding steroid dienone is 1. The third-order valence-electron chi connectivity index (χ3n) is 5.13. The number of hydrogen-bond acceptors (Lipinski definition) is 4. The number of nitrogens with one attached hydrogen (secondary N) is 1. The molecule has 0 saturated heterocycles. The number of halogens is 2. The van der Waals surface area contributed by atoms with Crippen LogP contribution in [0.1, 0.15) is 57.6 Å². The lowest BCUT2D eigenvalue weighted by molar-refractivity contribution is 0.258. The molecular formula is C24H29Cl2N5. The Balaban J connectivity index is 1.96. The Kier molecular flexibility index (Phi) is 6.77. The van der Waals surface area contributed by atoms with Crippen molar-refractivity contribution in [3.63, 3.8) is 0 Å². The maximum absolute atomic E-state index is 6.36. The van der Waals surface area contributed by atoms with Gasteiger partial charge in [0.15, 0.2) is 5.82 Å². The lowest BCUT2D eigenvalue weighted by Crippen LogP contribution is -2.35. The molecule has 0 aliphatic carbocycles. The zero-order valence-corrected chi connectivity index (χ0v) is 20.3. The minimum absolute atomic E-state index is 0.0941. The first-order valence-corrected chi connectivity index (χ1v) is 11.0. The van der Waals surface area contributed by atoms with Gasteiger partial charge < -0.3 is 5.32 Å². The smallest absolute Gasteiger partial charge is 0.176 e. The van der Waals surface area contributed by atoms with Crippen molar-refractivity contribution in [1.29, 1.82) is 0 Å². The van der Waals surface area contributed by atoms with Gasteiger partial charge in [0.1, 0.15) is 0 Å². The zero-order chi connectivity index (χ0) is 22.8. The lowest BCUT2D eigenvalue weighted by Gasteiger charge is -2.33. The van der Waals surface area contributed by atoms with Crippen LogP contribution in [0, 0.1) is 12.3 Å². The summed E-state index contributed by atoms with van der Waals surface area (Å²) in [7, 11) is 0. The highest BCUT2D eigenvalue weighted by molar-refractivity contribution is 6.35. The normalized spacial score (nSPS) is 13.5. The molecule has 0 aliphatic rings. The van der Waals surface area contributed by atoms with Crippen LogP contribution in [0.15, 0.2) is 48.5 Å². The predicted octanol–water partition coefficient (Wildman–Crippen LogP) is 6.94. The maximum atomic E-state index is 6.36. The fourth-order valence-electron chi connectivity index (χ4n) is 3.41. The van der Waals surface area contributed by atoms with Crippen LogP contribution in [0.4, 0.5) is 5.69 Å². The van der Waals surface area contributed by atoms with E-state index in [-0.39, 0.29) is 11.5 Å². The number of aryl methyl sites for hydroxylation is 1. The summed E-state index contributed by atoms with van der Waals surface area (Å²) in [5.41, 5.74) is 2.49. The molecule has 1 aromatic heterocycles. The minimum atomic E-state index is -0.492. The van der Waals surface area contributed by atoms with Crippen LogP contribution in [-0.4, -0.2) is 20.2 Å². The van der Waals surface area contributed by atoms with Gasteiger partial charge in [-0.05, 0) is 66.4 Å². The quantitative estimate of drug-likeness (QED) is 0.435. The maximum Gasteiger partial charge on any atom is 0.176 e. The van der Waals surface area contributed by atoms with E-state index in [9.17, 15) is 0 Å². The first kappa shape index (κ1) is 23.3. The Labute approximate surface area is 194 Å². The molecule has 1 atom stereocenters. The average molecular weight is 458 g/mol. The molecule has 1 N–H and O–H groups in total. The molecule has 7 heteroatoms. The monoisotopic (exact) mass is 457 g/mol. The van der Waals surface area contributed by atoms with Gasteiger partial charge >= 0.3 is 0 Å². The van der Waals surface area contributed by atoms with Gasteiger partial charge in [-0.25, -0.2) is 4.68 Å². The molecule has 3 aromatic rings. The number of nitrogens with zero attached hydrogens (tertiary/aromatic N) is 4. The third kappa shape index (κ3) is 5.66. The SMILES string of the molecule is Cc1ccc(NC(C)(C)c2nnnn2[C@@H](C=Cc2ccc(Cl)cc2Cl)C(C)(C)C)cc1. The van der Waals surface area contributed by atoms with Crippen LogP contribution >= 0.6 is 23.2 Å². The van der Waals surface area contributed by atoms with Gasteiger partial charge in [-0.2, -0.15) is 0 Å². The van der Waals surface area contributed by atoms with Crippen molar-refractivity contribution in [2.75, 3.05) is 5.32 Å². The molecule has 0 radical (unpaired) electrons. The first-order chi connectivity index (χ1) is 14.5. The molecular weight excluding hydrogens is 429 g/mol. The van der Waals surface area contributed by atoms with Gasteiger partial charge in [-0.3, -0.25) is 0 Å². The Hall–Kier alpha value is -2.37. The van der Waals surface area contributed by atoms with Crippen LogP contribution < -0.4 is 5.32 Å². The highest BCUT2D eigenvalue weighted by Gasteiger charge is 2.34. The second-order valence-corrected chi connectivity index (χ2v) is 10.2. The number of benzene rings is 2. The van der Waals surface area contributed by atoms with Crippen LogP contribution in [0.3, 0.4) is 0 Å². The Bertz CT molecular complexity index is 1060. The fraction of sp³-hybridized carbons (Fsp3) is 0.375. The number of aromatic nitrogens is 4. The number of tetrazole rings is 1. The van der Waals surface area contributed by atoms with E-state index in [1.54, 1.807) is 6.07 Å². The summed E-state index contributed by atoms with van der Waals surface area (Å²) >= 11 is 12.4. The summed E-state index contributed by atoms with van der Waals surface area (Å²) < 4.78 is 1.89. The molecule has 0 bridgehead atoms. The Morgan fingerprint density at radius 3 is 2.29 bits per heavy atom. The second-order valence-electron chi connectivity index (χ2n) is 9.40. The molecule has 0 amide bonds. The average Bonchev–Trinajstić information content (AvgIpc) is 3.14. The molecule has 0 aliphatic heterocycles. The summed E-state index contributed by atoms with van der Waals surface area (Å²) in [6.07, 6.45) is 4.09. The molecule has 3 rings (SSSR count). The molecule has 0 spiro atoms. The molecule has 164 valence electrons. The second kappa shape index (κ2) is 9.01. The van der Waals surface area contributed by atoms with Crippen molar-refractivity contribution in [2.45, 2.75) is 53.1 Å². The molecule has 0 saturated carbocycles. The van der Waals surface area contributed by atoms with Gasteiger partial charge in [0.2, 0.25) is 0 Å². The van der Waals surface area contributed by atoms with E-state index in [1.807, 2.05) is 22.9 Å². The van der Waals surface area contributed by atoms with Gasteiger partial charge in [0.25, 0.3) is 0 Å². The third-order valence-corrected chi connectivity index (χ3v) is 5.69. The highest BCUT2D eigenvalue weighted by atomic mass is 35.5. The van der Waals surface area contributed by atoms with Crippen molar-refractivity contribution in [1.82, 2.24) is 20.2 Å². The van der Waals surface area contributed by atoms with Crippen LogP contribution in [0.5, 0.6) is 0 Å². The van der Waals surface area contributed by atoms with Gasteiger partial charge in [-0.15, -0.1) is 5.10 Å². The fourth-order valence-corrected chi connectivity index (χ4v) is 3.89. The van der Waals surface area contributed by atoms with Crippen molar-refractivity contribution < 1.29 is 0 Å². The summed E-state index contributed by atoms with van der Waals surface area (Å²) in [4.78, 5) is 0. The molecule has 31 heavy (non-hydrogen) atoms. The van der Waals surface area contributed by atoms with Crippen LogP contribution in [0.2, 0.25) is 10.0 Å². The molecule has 1 heterocycles. The Morgan fingerprint density at radius 1 is 1.00 bits per heavy atom. The van der Waals surface area contributed by atoms with Crippen molar-refractivity contribution >= 4 is 35.0 Å². The molecule has 0 fully saturated rings. The molecule has 2 aromatic carbocycles. The van der Waals surface area contributed by atoms with E-state index in [0.717, 1.165) is 17.1 Å². The van der Waals surface area contributed by atoms with Gasteiger partial charge in [0.05, 0.1) is 11.6 Å². The minimum Gasteiger partial charge on any atom is -0.373 e. The first-order valence-electron chi connectivity index (χ1n) is 10.2. The van der Waals surface area contributed by atoms with Crippen molar-refractivity contribution in [3.8, 4) is 0 Å². The topological polar surface area (TPSA) is 55.6 Å². The lowest BCUT2D eigenvalue weighted by atomic mass is 9.85. The standard InChI is InChI=1S/C24H29Cl2N5/c1-16-7-12-19(13-8-16)27-24(5,6)22-28-29-30-31(22)21(23(2,3)4)14-10-17-9-11-18(25)15-20(17)26/h7-15,21,27H,1-6H3/t21-/m0/s1. The molecule has 0 unspecified atom stereocenters. The zero-order valence-electron chi connectivity index (χ0n) is 18.8. The van der Waals surface area contributed by atoms with E-state index < -0.39 is 5.54 Å². The highest BCUT2D eigenvalue weighted by Crippen LogP contribution is 2.35. The van der Waals surface area contributed by atoms with Crippen LogP contribution in [-0.2, 0) is 5.54 Å². The summed E-state index contributed by atoms with van der Waals surface area (Å²) in [5.74, 6) is 0.750. The van der Waals surface area contributed by atoms with Gasteiger partial charge in [0, 0.05) is 15.7 Å². The number of anilines is 1. The predicted molar refractivity (Wildman–Crippen MR) is 130 cm³/mol. The Morgan fingerprint density at radius 2 is 1.68 bits per heavy atom. The van der Waals surface area contributed by atoms with E-state index in [4.69, 9.17) is 23.2 Å². The summed E-state index contributed by atoms with van der Waals surface area (Å²) in [6.45, 7) is 12.7. The van der Waals surface area contributed by atoms with E-state index >= 15 is 0 Å². The summed E-state index contributed by atoms with van der Waals surface area (Å²) in [6, 6.07) is 13.7. The van der Waals surface area contributed by atoms with Crippen LogP contribution in [0.25, 0.3) is 6.08 Å². The van der Waals surface area contributed by atoms with E-state index in [1.165, 1.54) is 5.56 Å². The van der Waals surface area contributed by atoms with Crippen molar-refractivity contribution in [2.24, 2.45) is 5.41 Å². The summed E-state index contributed by atoms with van der Waals surface area (Å²) in [5, 5.41) is 17.5. The number of rotatable bonds is 6. The van der Waals surface area contributed by atoms with Crippen molar-refractivity contribution in [3.05, 3.63) is 75.5 Å². The number of hydrogen-bond donors (Lipinski definition) is 1. The molecule has 5 nitrogen and oxygen atoms in total. The van der Waals surface area contributed by atoms with Gasteiger partial charge in [-0.1, -0.05) is 79.9 Å². The van der Waals surface area contributed by atoms with E-state index in [0.29, 0.717) is 10.0 Å².